The summed E-state index contributed by atoms with van der Waals surface area (Å²) in [5.74, 6) is 1.11. The second-order valence-electron chi connectivity index (χ2n) is 3.48. The van der Waals surface area contributed by atoms with Gasteiger partial charge in [0.2, 0.25) is 8.03 Å². The molecule has 0 aliphatic heterocycles. The molecule has 14 heavy (non-hydrogen) atoms. The molecular weight excluding hydrogens is 195 g/mol. The summed E-state index contributed by atoms with van der Waals surface area (Å²) in [6.45, 7) is 3.68. The van der Waals surface area contributed by atoms with Crippen LogP contribution < -0.4 is 4.52 Å². The van der Waals surface area contributed by atoms with E-state index >= 15 is 0 Å². The molecule has 0 radical (unpaired) electrons. The fourth-order valence-electron chi connectivity index (χ4n) is 1.43. The summed E-state index contributed by atoms with van der Waals surface area (Å²) in [5.41, 5.74) is 0.220. The number of rotatable bonds is 4. The number of allylic oxidation sites excluding steroid dienone is 1. The van der Waals surface area contributed by atoms with Crippen LogP contribution >= 0.6 is 8.03 Å². The van der Waals surface area contributed by atoms with E-state index in [-0.39, 0.29) is 5.66 Å². The van der Waals surface area contributed by atoms with E-state index < -0.39 is 8.03 Å². The van der Waals surface area contributed by atoms with Gasteiger partial charge in [-0.1, -0.05) is 24.3 Å². The first kappa shape index (κ1) is 9.54. The number of para-hydroxylation sites is 1. The van der Waals surface area contributed by atoms with Crippen molar-refractivity contribution in [2.24, 2.45) is 5.92 Å². The van der Waals surface area contributed by atoms with Crippen LogP contribution in [0.1, 0.15) is 6.42 Å². The third-order valence-corrected chi connectivity index (χ3v) is 4.11. The molecule has 0 heterocycles. The topological polar surface area (TPSA) is 26.3 Å². The van der Waals surface area contributed by atoms with Crippen molar-refractivity contribution in [3.05, 3.63) is 43.0 Å². The lowest BCUT2D eigenvalue weighted by Gasteiger charge is -2.04. The van der Waals surface area contributed by atoms with Crippen LogP contribution in [0.15, 0.2) is 43.0 Å². The van der Waals surface area contributed by atoms with Gasteiger partial charge >= 0.3 is 0 Å². The minimum absolute atomic E-state index is 0.220. The lowest BCUT2D eigenvalue weighted by atomic mass is 10.3. The van der Waals surface area contributed by atoms with E-state index in [0.717, 1.165) is 6.42 Å². The van der Waals surface area contributed by atoms with Gasteiger partial charge in [0.25, 0.3) is 0 Å². The minimum atomic E-state index is -1.93. The Kier molecular flexibility index (Phi) is 2.74. The highest BCUT2D eigenvalue weighted by atomic mass is 31.1. The van der Waals surface area contributed by atoms with E-state index in [1.54, 1.807) is 0 Å². The van der Waals surface area contributed by atoms with Crippen molar-refractivity contribution in [1.29, 1.82) is 0 Å². The van der Waals surface area contributed by atoms with E-state index in [1.165, 1.54) is 0 Å². The lowest BCUT2D eigenvalue weighted by molar-refractivity contribution is 0.502. The second kappa shape index (κ2) is 4.02. The highest BCUT2D eigenvalue weighted by molar-refractivity contribution is 7.41. The van der Waals surface area contributed by atoms with Crippen LogP contribution in [0.4, 0.5) is 0 Å². The average Bonchev–Trinajstić information content (AvgIpc) is 2.98. The predicted molar refractivity (Wildman–Crippen MR) is 58.2 cm³/mol. The maximum absolute atomic E-state index is 11.7. The van der Waals surface area contributed by atoms with Gasteiger partial charge in [-0.15, -0.1) is 6.58 Å². The molecule has 1 fully saturated rings. The SMILES string of the molecule is C=C[C@@H]1C[C@@H]1[PH](=O)Oc1ccccc1. The summed E-state index contributed by atoms with van der Waals surface area (Å²) in [6.07, 6.45) is 2.83. The standard InChI is InChI=1S/C11H13O2P/c1-2-9-8-11(9)14(12)13-10-6-4-3-5-7-10/h2-7,9,11,14H,1,8H2/t9-,11+/m1/s1. The zero-order valence-corrected chi connectivity index (χ0v) is 8.85. The first-order chi connectivity index (χ1) is 6.81. The normalized spacial score (nSPS) is 26.6. The molecule has 3 atom stereocenters. The van der Waals surface area contributed by atoms with Crippen molar-refractivity contribution in [1.82, 2.24) is 0 Å². The predicted octanol–water partition coefficient (Wildman–Crippen LogP) is 3.11. The van der Waals surface area contributed by atoms with Crippen LogP contribution in [0.2, 0.25) is 0 Å². The molecule has 1 saturated carbocycles. The maximum Gasteiger partial charge on any atom is 0.240 e. The Hall–Kier alpha value is -1.01. The van der Waals surface area contributed by atoms with Crippen molar-refractivity contribution in [2.45, 2.75) is 12.1 Å². The van der Waals surface area contributed by atoms with Gasteiger partial charge in [-0.2, -0.15) is 0 Å². The molecule has 1 aliphatic carbocycles. The molecule has 1 aromatic carbocycles. The molecule has 0 aromatic heterocycles. The molecule has 1 aliphatic rings. The van der Waals surface area contributed by atoms with Crippen molar-refractivity contribution in [3.8, 4) is 5.75 Å². The van der Waals surface area contributed by atoms with Crippen molar-refractivity contribution < 1.29 is 9.09 Å². The second-order valence-corrected chi connectivity index (χ2v) is 5.06. The molecule has 0 N–H and O–H groups in total. The van der Waals surface area contributed by atoms with Gasteiger partial charge in [0.05, 0.1) is 5.66 Å². The molecule has 1 aromatic rings. The van der Waals surface area contributed by atoms with E-state index in [2.05, 4.69) is 6.58 Å². The number of benzene rings is 1. The Morgan fingerprint density at radius 1 is 1.43 bits per heavy atom. The van der Waals surface area contributed by atoms with Crippen molar-refractivity contribution in [3.63, 3.8) is 0 Å². The zero-order valence-electron chi connectivity index (χ0n) is 7.85. The Morgan fingerprint density at radius 3 is 2.71 bits per heavy atom. The Labute approximate surface area is 84.5 Å². The fraction of sp³-hybridized carbons (Fsp3) is 0.273. The molecular formula is C11H13O2P. The Balaban J connectivity index is 1.93. The fourth-order valence-corrected chi connectivity index (χ4v) is 2.90. The first-order valence-corrected chi connectivity index (χ1v) is 6.10. The number of hydrogen-bond donors (Lipinski definition) is 0. The molecule has 0 bridgehead atoms. The molecule has 74 valence electrons. The molecule has 2 nitrogen and oxygen atoms in total. The molecule has 1 unspecified atom stereocenters. The zero-order chi connectivity index (χ0) is 9.97. The molecule has 0 spiro atoms. The summed E-state index contributed by atoms with van der Waals surface area (Å²) in [7, 11) is -1.93. The Morgan fingerprint density at radius 2 is 2.14 bits per heavy atom. The highest BCUT2D eigenvalue weighted by Gasteiger charge is 2.40. The van der Waals surface area contributed by atoms with Crippen LogP contribution in [-0.4, -0.2) is 5.66 Å². The van der Waals surface area contributed by atoms with Crippen LogP contribution in [0.25, 0.3) is 0 Å². The largest absolute Gasteiger partial charge is 0.445 e. The Bertz CT molecular complexity index is 348. The highest BCUT2D eigenvalue weighted by Crippen LogP contribution is 2.51. The molecule has 2 rings (SSSR count). The van der Waals surface area contributed by atoms with Crippen LogP contribution in [0, 0.1) is 5.92 Å². The van der Waals surface area contributed by atoms with Gasteiger partial charge in [-0.3, -0.25) is 4.57 Å². The molecule has 3 heteroatoms. The van der Waals surface area contributed by atoms with Crippen molar-refractivity contribution in [2.75, 3.05) is 0 Å². The van der Waals surface area contributed by atoms with Crippen molar-refractivity contribution >= 4 is 8.03 Å². The lowest BCUT2D eigenvalue weighted by Crippen LogP contribution is -1.86. The van der Waals surface area contributed by atoms with Gasteiger partial charge in [-0.25, -0.2) is 0 Å². The summed E-state index contributed by atoms with van der Waals surface area (Å²) < 4.78 is 17.0. The third-order valence-electron chi connectivity index (χ3n) is 2.41. The van der Waals surface area contributed by atoms with Crippen LogP contribution in [0.3, 0.4) is 0 Å². The molecule has 0 amide bonds. The van der Waals surface area contributed by atoms with Gasteiger partial charge in [0, 0.05) is 0 Å². The summed E-state index contributed by atoms with van der Waals surface area (Å²) in [6, 6.07) is 9.32. The summed E-state index contributed by atoms with van der Waals surface area (Å²) in [4.78, 5) is 0. The average molecular weight is 208 g/mol. The molecule has 0 saturated heterocycles. The quantitative estimate of drug-likeness (QED) is 0.561. The van der Waals surface area contributed by atoms with Crippen LogP contribution in [-0.2, 0) is 4.57 Å². The summed E-state index contributed by atoms with van der Waals surface area (Å²) in [5, 5.41) is 0. The smallest absolute Gasteiger partial charge is 0.240 e. The van der Waals surface area contributed by atoms with Gasteiger partial charge in [-0.05, 0) is 24.5 Å². The van der Waals surface area contributed by atoms with E-state index in [1.807, 2.05) is 36.4 Å². The van der Waals surface area contributed by atoms with Gasteiger partial charge < -0.3 is 4.52 Å². The van der Waals surface area contributed by atoms with Gasteiger partial charge in [0.1, 0.15) is 5.75 Å². The first-order valence-electron chi connectivity index (χ1n) is 4.70. The van der Waals surface area contributed by atoms with Crippen LogP contribution in [0.5, 0.6) is 5.75 Å². The van der Waals surface area contributed by atoms with E-state index in [9.17, 15) is 4.57 Å². The van der Waals surface area contributed by atoms with E-state index in [0.29, 0.717) is 11.7 Å². The van der Waals surface area contributed by atoms with Gasteiger partial charge in [0.15, 0.2) is 0 Å². The number of hydrogen-bond acceptors (Lipinski definition) is 2. The summed E-state index contributed by atoms with van der Waals surface area (Å²) >= 11 is 0. The maximum atomic E-state index is 11.7. The monoisotopic (exact) mass is 208 g/mol. The van der Waals surface area contributed by atoms with E-state index in [4.69, 9.17) is 4.52 Å². The minimum Gasteiger partial charge on any atom is -0.445 e. The third kappa shape index (κ3) is 2.08.